The summed E-state index contributed by atoms with van der Waals surface area (Å²) in [4.78, 5) is 61.5. The molecular formula is C38H48F3N5O9S. The van der Waals surface area contributed by atoms with E-state index in [4.69, 9.17) is 14.2 Å². The van der Waals surface area contributed by atoms with Crippen LogP contribution in [0.4, 0.5) is 18.0 Å². The van der Waals surface area contributed by atoms with Gasteiger partial charge in [-0.05, 0) is 70.3 Å². The largest absolute Gasteiger partial charge is 0.494 e. The minimum absolute atomic E-state index is 0.0323. The number of amides is 4. The number of allylic oxidation sites excluding steroid dienone is 1. The molecule has 0 unspecified atom stereocenters. The van der Waals surface area contributed by atoms with Crippen molar-refractivity contribution in [3.05, 3.63) is 42.6 Å². The second-order valence-corrected chi connectivity index (χ2v) is 17.9. The molecule has 14 nitrogen and oxygen atoms in total. The number of halogens is 3. The molecule has 4 amide bonds. The van der Waals surface area contributed by atoms with Crippen LogP contribution in [0.3, 0.4) is 0 Å². The molecule has 1 saturated heterocycles. The van der Waals surface area contributed by atoms with Crippen LogP contribution in [0.5, 0.6) is 11.6 Å². The molecule has 0 bridgehead atoms. The van der Waals surface area contributed by atoms with Crippen molar-refractivity contribution in [3.8, 4) is 11.6 Å². The highest BCUT2D eigenvalue weighted by Crippen LogP contribution is 2.46. The molecule has 3 heterocycles. The molecule has 1 aromatic heterocycles. The zero-order valence-electron chi connectivity index (χ0n) is 31.9. The number of nitrogens with one attached hydrogen (secondary N) is 3. The lowest BCUT2D eigenvalue weighted by molar-refractivity contribution is -0.244. The highest BCUT2D eigenvalue weighted by atomic mass is 32.2. The third kappa shape index (κ3) is 8.54. The summed E-state index contributed by atoms with van der Waals surface area (Å²) in [7, 11) is -2.48. The Morgan fingerprint density at radius 1 is 1.05 bits per heavy atom. The Morgan fingerprint density at radius 2 is 1.75 bits per heavy atom. The first-order valence-corrected chi connectivity index (χ1v) is 20.3. The first-order valence-electron chi connectivity index (χ1n) is 18.8. The first-order chi connectivity index (χ1) is 26.3. The zero-order valence-corrected chi connectivity index (χ0v) is 32.7. The molecule has 2 saturated carbocycles. The van der Waals surface area contributed by atoms with E-state index in [-0.39, 0.29) is 31.2 Å². The van der Waals surface area contributed by atoms with Gasteiger partial charge < -0.3 is 29.7 Å². The number of aromatic nitrogens is 1. The molecule has 7 atom stereocenters. The number of methoxy groups -OCH3 is 1. The Labute approximate surface area is 323 Å². The second kappa shape index (κ2) is 15.4. The van der Waals surface area contributed by atoms with Crippen LogP contribution < -0.4 is 24.8 Å². The molecule has 2 aromatic rings. The van der Waals surface area contributed by atoms with Crippen LogP contribution in [0.25, 0.3) is 10.8 Å². The van der Waals surface area contributed by atoms with Crippen molar-refractivity contribution < 1.29 is 55.0 Å². The molecule has 0 spiro atoms. The van der Waals surface area contributed by atoms with Crippen LogP contribution >= 0.6 is 0 Å². The number of ether oxygens (including phenoxy) is 3. The number of fused-ring (bicyclic) bond motifs is 3. The van der Waals surface area contributed by atoms with Crippen LogP contribution in [0.15, 0.2) is 42.6 Å². The number of carbonyl (C=O) groups excluding carboxylic acids is 4. The second-order valence-electron chi connectivity index (χ2n) is 15.9. The van der Waals surface area contributed by atoms with Gasteiger partial charge in [-0.25, -0.2) is 18.2 Å². The van der Waals surface area contributed by atoms with Crippen molar-refractivity contribution in [2.45, 2.75) is 113 Å². The van der Waals surface area contributed by atoms with Gasteiger partial charge >= 0.3 is 12.3 Å². The summed E-state index contributed by atoms with van der Waals surface area (Å²) in [5.74, 6) is -2.97. The molecule has 306 valence electrons. The topological polar surface area (TPSA) is 182 Å². The molecule has 1 aromatic carbocycles. The maximum atomic E-state index is 14.7. The zero-order chi connectivity index (χ0) is 40.8. The SMILES string of the molecule is COc1cnc(O[C@@H]2C[C@H]3C(=O)N[C@]4(C(=O)NS(=O)(=O)C5CC5)C[C@H]4/C=C\CC[C@@H](C)C[C@@H](C)[C@H](NC(=O)OC(C)(C)C(F)(F)F)C(=O)N3C2)c2ccccc12. The number of rotatable bonds is 8. The minimum Gasteiger partial charge on any atom is -0.494 e. The molecule has 6 rings (SSSR count). The number of carbonyl (C=O) groups is 4. The van der Waals surface area contributed by atoms with E-state index in [0.717, 1.165) is 0 Å². The highest BCUT2D eigenvalue weighted by Gasteiger charge is 2.62. The van der Waals surface area contributed by atoms with Crippen molar-refractivity contribution in [2.75, 3.05) is 13.7 Å². The molecular weight excluding hydrogens is 760 g/mol. The molecule has 3 N–H and O–H groups in total. The summed E-state index contributed by atoms with van der Waals surface area (Å²) in [6.07, 6.45) is 0.236. The monoisotopic (exact) mass is 807 g/mol. The van der Waals surface area contributed by atoms with Gasteiger partial charge in [0.15, 0.2) is 0 Å². The van der Waals surface area contributed by atoms with Crippen molar-refractivity contribution in [1.29, 1.82) is 0 Å². The number of hydrogen-bond acceptors (Lipinski definition) is 10. The lowest BCUT2D eigenvalue weighted by atomic mass is 9.88. The number of alkyl halides is 3. The lowest BCUT2D eigenvalue weighted by Crippen LogP contribution is -2.59. The number of alkyl carbamates (subject to hydrolysis) is 1. The van der Waals surface area contributed by atoms with Crippen molar-refractivity contribution in [3.63, 3.8) is 0 Å². The molecule has 2 aliphatic carbocycles. The smallest absolute Gasteiger partial charge is 0.427 e. The van der Waals surface area contributed by atoms with Crippen molar-refractivity contribution in [2.24, 2.45) is 17.8 Å². The van der Waals surface area contributed by atoms with E-state index < -0.39 is 86.4 Å². The molecule has 18 heteroatoms. The lowest BCUT2D eigenvalue weighted by Gasteiger charge is -2.34. The van der Waals surface area contributed by atoms with Gasteiger partial charge in [-0.15, -0.1) is 0 Å². The third-order valence-electron chi connectivity index (χ3n) is 11.1. The van der Waals surface area contributed by atoms with E-state index in [1.54, 1.807) is 25.1 Å². The van der Waals surface area contributed by atoms with E-state index in [1.807, 2.05) is 25.1 Å². The van der Waals surface area contributed by atoms with Crippen LogP contribution in [-0.4, -0.2) is 96.5 Å². The van der Waals surface area contributed by atoms with Gasteiger partial charge in [0.25, 0.3) is 5.91 Å². The number of pyridine rings is 1. The summed E-state index contributed by atoms with van der Waals surface area (Å²) < 4.78 is 85.5. The molecule has 2 aliphatic heterocycles. The summed E-state index contributed by atoms with van der Waals surface area (Å²) in [5, 5.41) is 5.74. The summed E-state index contributed by atoms with van der Waals surface area (Å²) in [6, 6.07) is 4.42. The maximum Gasteiger partial charge on any atom is 0.427 e. The Bertz CT molecular complexity index is 2010. The Morgan fingerprint density at radius 3 is 2.41 bits per heavy atom. The minimum atomic E-state index is -4.91. The van der Waals surface area contributed by atoms with E-state index in [1.165, 1.54) is 18.2 Å². The number of nitrogens with zero attached hydrogens (tertiary/aromatic N) is 2. The van der Waals surface area contributed by atoms with Gasteiger partial charge in [0.05, 0.1) is 25.1 Å². The fraction of sp³-hybridized carbons (Fsp3) is 0.605. The van der Waals surface area contributed by atoms with Gasteiger partial charge in [0, 0.05) is 23.1 Å². The summed E-state index contributed by atoms with van der Waals surface area (Å²) >= 11 is 0. The Balaban J connectivity index is 1.35. The van der Waals surface area contributed by atoms with Crippen LogP contribution in [0.1, 0.15) is 72.6 Å². The van der Waals surface area contributed by atoms with Crippen molar-refractivity contribution in [1.82, 2.24) is 25.2 Å². The summed E-state index contributed by atoms with van der Waals surface area (Å²) in [5.41, 5.74) is -4.50. The predicted molar refractivity (Wildman–Crippen MR) is 197 cm³/mol. The predicted octanol–water partition coefficient (Wildman–Crippen LogP) is 4.52. The molecule has 56 heavy (non-hydrogen) atoms. The quantitative estimate of drug-likeness (QED) is 0.321. The van der Waals surface area contributed by atoms with Crippen LogP contribution in [-0.2, 0) is 29.1 Å². The average molecular weight is 808 g/mol. The first kappa shape index (κ1) is 41.0. The van der Waals surface area contributed by atoms with E-state index in [2.05, 4.69) is 20.3 Å². The summed E-state index contributed by atoms with van der Waals surface area (Å²) in [6.45, 7) is 4.80. The van der Waals surface area contributed by atoms with Crippen molar-refractivity contribution >= 4 is 44.6 Å². The van der Waals surface area contributed by atoms with Gasteiger partial charge in [0.1, 0.15) is 29.5 Å². The number of hydrogen-bond donors (Lipinski definition) is 3. The van der Waals surface area contributed by atoms with E-state index in [0.29, 0.717) is 62.5 Å². The highest BCUT2D eigenvalue weighted by molar-refractivity contribution is 7.91. The Hall–Kier alpha value is -4.61. The Kier molecular flexibility index (Phi) is 11.3. The number of sulfonamides is 1. The third-order valence-corrected chi connectivity index (χ3v) is 13.0. The molecule has 0 radical (unpaired) electrons. The van der Waals surface area contributed by atoms with E-state index in [9.17, 15) is 40.8 Å². The van der Waals surface area contributed by atoms with Crippen LogP contribution in [0, 0.1) is 17.8 Å². The van der Waals surface area contributed by atoms with E-state index >= 15 is 0 Å². The normalized spacial score (nSPS) is 29.5. The fourth-order valence-electron chi connectivity index (χ4n) is 7.50. The molecule has 3 fully saturated rings. The van der Waals surface area contributed by atoms with Crippen LogP contribution in [0.2, 0.25) is 0 Å². The average Bonchev–Trinajstić information content (AvgIpc) is 4.05. The van der Waals surface area contributed by atoms with Gasteiger partial charge in [0.2, 0.25) is 33.3 Å². The standard InChI is InChI=1S/C38H48F3N5O9S/c1-21-10-6-7-11-23-18-37(23,34(49)45-56(51,52)25-14-15-25)44-31(47)28-17-24(54-32-27-13-9-8-12-26(27)29(53-5)19-42-32)20-46(28)33(48)30(22(2)16-21)43-35(50)55-36(3,4)38(39,40)41/h7-9,11-13,19,21-25,28,30H,6,10,14-18,20H2,1-5H3,(H,43,50)(H,44,47)(H,45,49)/b11-7-/t21-,22-,23-,24-,28+,30+,37-/m1/s1. The van der Waals surface area contributed by atoms with Gasteiger partial charge in [-0.1, -0.05) is 44.2 Å². The maximum absolute atomic E-state index is 14.7. The molecule has 4 aliphatic rings. The fourth-order valence-corrected chi connectivity index (χ4v) is 8.86. The van der Waals surface area contributed by atoms with Gasteiger partial charge in [-0.3, -0.25) is 19.1 Å². The van der Waals surface area contributed by atoms with Gasteiger partial charge in [-0.2, -0.15) is 13.2 Å². The number of benzene rings is 1.